The van der Waals surface area contributed by atoms with Crippen LogP contribution in [0.5, 0.6) is 0 Å². The lowest BCUT2D eigenvalue weighted by atomic mass is 9.65. The van der Waals surface area contributed by atoms with Crippen molar-refractivity contribution in [2.45, 2.75) is 52.1 Å². The first-order valence-corrected chi connectivity index (χ1v) is 8.27. The second kappa shape index (κ2) is 6.15. The molecule has 0 heterocycles. The number of halogens is 2. The van der Waals surface area contributed by atoms with E-state index in [4.69, 9.17) is 0 Å². The van der Waals surface area contributed by atoms with Gasteiger partial charge in [-0.15, -0.1) is 0 Å². The molecule has 20 heavy (non-hydrogen) atoms. The second-order valence-electron chi connectivity index (χ2n) is 6.80. The van der Waals surface area contributed by atoms with Gasteiger partial charge in [-0.05, 0) is 54.4 Å². The summed E-state index contributed by atoms with van der Waals surface area (Å²) in [7, 11) is 0. The minimum atomic E-state index is -0.709. The van der Waals surface area contributed by atoms with Crippen molar-refractivity contribution in [2.24, 2.45) is 17.8 Å². The molecule has 2 rings (SSSR count). The molecule has 0 saturated heterocycles. The van der Waals surface area contributed by atoms with E-state index >= 15 is 0 Å². The number of rotatable bonds is 3. The fraction of sp³-hybridized carbons (Fsp3) is 0.647. The van der Waals surface area contributed by atoms with Crippen molar-refractivity contribution in [3.63, 3.8) is 0 Å². The maximum absolute atomic E-state index is 13.5. The largest absolute Gasteiger partial charge is 0.389 e. The molecule has 3 heteroatoms. The van der Waals surface area contributed by atoms with E-state index in [2.05, 4.69) is 36.7 Å². The van der Waals surface area contributed by atoms with Gasteiger partial charge >= 0.3 is 0 Å². The molecule has 0 spiro atoms. The fourth-order valence-electron chi connectivity index (χ4n) is 3.81. The van der Waals surface area contributed by atoms with Crippen LogP contribution in [-0.4, -0.2) is 10.7 Å². The number of aliphatic hydroxyl groups is 1. The Labute approximate surface area is 129 Å². The zero-order valence-corrected chi connectivity index (χ0v) is 14.1. The molecule has 1 aliphatic carbocycles. The summed E-state index contributed by atoms with van der Waals surface area (Å²) < 4.78 is 14.3. The molecule has 1 saturated carbocycles. The minimum Gasteiger partial charge on any atom is -0.389 e. The van der Waals surface area contributed by atoms with E-state index in [1.165, 1.54) is 12.5 Å². The maximum atomic E-state index is 13.5. The SMILES string of the molecule is CC1CCC(C(C)C)C(O)(Cc2cc(F)cc(Br)c2)C1. The van der Waals surface area contributed by atoms with E-state index in [-0.39, 0.29) is 5.82 Å². The van der Waals surface area contributed by atoms with Crippen LogP contribution >= 0.6 is 15.9 Å². The smallest absolute Gasteiger partial charge is 0.124 e. The van der Waals surface area contributed by atoms with Crippen LogP contribution in [0.15, 0.2) is 22.7 Å². The van der Waals surface area contributed by atoms with Crippen LogP contribution in [-0.2, 0) is 6.42 Å². The Morgan fingerprint density at radius 1 is 1.35 bits per heavy atom. The maximum Gasteiger partial charge on any atom is 0.124 e. The van der Waals surface area contributed by atoms with Gasteiger partial charge in [-0.3, -0.25) is 0 Å². The van der Waals surface area contributed by atoms with E-state index in [9.17, 15) is 9.50 Å². The monoisotopic (exact) mass is 342 g/mol. The summed E-state index contributed by atoms with van der Waals surface area (Å²) in [5.74, 6) is 1.03. The average molecular weight is 343 g/mol. The first kappa shape index (κ1) is 16.0. The molecule has 3 unspecified atom stereocenters. The molecule has 0 aromatic heterocycles. The van der Waals surface area contributed by atoms with Gasteiger partial charge in [0.15, 0.2) is 0 Å². The molecular weight excluding hydrogens is 319 g/mol. The minimum absolute atomic E-state index is 0.247. The Kier molecular flexibility index (Phi) is 4.91. The summed E-state index contributed by atoms with van der Waals surface area (Å²) in [5.41, 5.74) is 0.165. The zero-order chi connectivity index (χ0) is 14.9. The third-order valence-electron chi connectivity index (χ3n) is 4.60. The highest BCUT2D eigenvalue weighted by atomic mass is 79.9. The predicted molar refractivity (Wildman–Crippen MR) is 84.1 cm³/mol. The van der Waals surface area contributed by atoms with Crippen LogP contribution in [0.4, 0.5) is 4.39 Å². The molecule has 0 amide bonds. The van der Waals surface area contributed by atoms with Crippen LogP contribution < -0.4 is 0 Å². The quantitative estimate of drug-likeness (QED) is 0.823. The van der Waals surface area contributed by atoms with E-state index in [1.807, 2.05) is 6.07 Å². The molecule has 1 fully saturated rings. The highest BCUT2D eigenvalue weighted by Crippen LogP contribution is 2.43. The van der Waals surface area contributed by atoms with Gasteiger partial charge in [-0.25, -0.2) is 4.39 Å². The van der Waals surface area contributed by atoms with Gasteiger partial charge in [-0.2, -0.15) is 0 Å². The fourth-order valence-corrected chi connectivity index (χ4v) is 4.33. The lowest BCUT2D eigenvalue weighted by Crippen LogP contribution is -2.47. The van der Waals surface area contributed by atoms with E-state index < -0.39 is 5.60 Å². The summed E-state index contributed by atoms with van der Waals surface area (Å²) in [4.78, 5) is 0. The predicted octanol–water partition coefficient (Wildman–Crippen LogP) is 4.95. The van der Waals surface area contributed by atoms with Crippen LogP contribution in [0.2, 0.25) is 0 Å². The molecule has 1 aromatic rings. The van der Waals surface area contributed by atoms with Crippen molar-refractivity contribution in [3.8, 4) is 0 Å². The van der Waals surface area contributed by atoms with E-state index in [0.29, 0.717) is 24.2 Å². The summed E-state index contributed by atoms with van der Waals surface area (Å²) in [6.07, 6.45) is 3.59. The number of hydrogen-bond acceptors (Lipinski definition) is 1. The third-order valence-corrected chi connectivity index (χ3v) is 5.06. The van der Waals surface area contributed by atoms with Crippen molar-refractivity contribution in [3.05, 3.63) is 34.1 Å². The van der Waals surface area contributed by atoms with Crippen LogP contribution in [0.25, 0.3) is 0 Å². The molecule has 0 bridgehead atoms. The van der Waals surface area contributed by atoms with Crippen molar-refractivity contribution >= 4 is 15.9 Å². The van der Waals surface area contributed by atoms with Gasteiger partial charge in [0, 0.05) is 10.9 Å². The molecular formula is C17H24BrFO. The van der Waals surface area contributed by atoms with Gasteiger partial charge in [0.2, 0.25) is 0 Å². The summed E-state index contributed by atoms with van der Waals surface area (Å²) in [6.45, 7) is 6.54. The summed E-state index contributed by atoms with van der Waals surface area (Å²) >= 11 is 3.33. The van der Waals surface area contributed by atoms with Crippen molar-refractivity contribution in [1.29, 1.82) is 0 Å². The molecule has 0 radical (unpaired) electrons. The molecule has 3 atom stereocenters. The van der Waals surface area contributed by atoms with Crippen molar-refractivity contribution in [1.82, 2.24) is 0 Å². The van der Waals surface area contributed by atoms with Gasteiger partial charge in [0.05, 0.1) is 5.60 Å². The third kappa shape index (κ3) is 3.62. The van der Waals surface area contributed by atoms with Crippen LogP contribution in [0, 0.1) is 23.6 Å². The van der Waals surface area contributed by atoms with Crippen molar-refractivity contribution < 1.29 is 9.50 Å². The molecule has 1 aliphatic rings. The Hall–Kier alpha value is -0.410. The van der Waals surface area contributed by atoms with Gasteiger partial charge in [0.25, 0.3) is 0 Å². The Balaban J connectivity index is 2.26. The molecule has 0 aliphatic heterocycles. The Morgan fingerprint density at radius 2 is 2.05 bits per heavy atom. The topological polar surface area (TPSA) is 20.2 Å². The second-order valence-corrected chi connectivity index (χ2v) is 7.71. The van der Waals surface area contributed by atoms with Gasteiger partial charge in [0.1, 0.15) is 5.82 Å². The standard InChI is InChI=1S/C17H24BrFO/c1-11(2)16-5-4-12(3)9-17(16,20)10-13-6-14(18)8-15(19)7-13/h6-8,11-12,16,20H,4-5,9-10H2,1-3H3. The molecule has 1 nitrogen and oxygen atoms in total. The first-order valence-electron chi connectivity index (χ1n) is 7.47. The van der Waals surface area contributed by atoms with Gasteiger partial charge in [-0.1, -0.05) is 43.1 Å². The Morgan fingerprint density at radius 3 is 2.65 bits per heavy atom. The van der Waals surface area contributed by atoms with Crippen molar-refractivity contribution in [2.75, 3.05) is 0 Å². The molecule has 1 N–H and O–H groups in total. The normalized spacial score (nSPS) is 30.8. The average Bonchev–Trinajstić information content (AvgIpc) is 2.25. The highest BCUT2D eigenvalue weighted by Gasteiger charge is 2.42. The number of benzene rings is 1. The van der Waals surface area contributed by atoms with E-state index in [1.54, 1.807) is 6.07 Å². The van der Waals surface area contributed by atoms with Crippen LogP contribution in [0.3, 0.4) is 0 Å². The Bertz CT molecular complexity index is 454. The lowest BCUT2D eigenvalue weighted by Gasteiger charge is -2.45. The summed E-state index contributed by atoms with van der Waals surface area (Å²) in [5, 5.41) is 11.2. The van der Waals surface area contributed by atoms with Crippen LogP contribution in [0.1, 0.15) is 45.6 Å². The molecule has 1 aromatic carbocycles. The lowest BCUT2D eigenvalue weighted by molar-refractivity contribution is -0.0795. The van der Waals surface area contributed by atoms with Gasteiger partial charge < -0.3 is 5.11 Å². The van der Waals surface area contributed by atoms with E-state index in [0.717, 1.165) is 22.9 Å². The summed E-state index contributed by atoms with van der Waals surface area (Å²) in [6, 6.07) is 4.91. The zero-order valence-electron chi connectivity index (χ0n) is 12.5. The number of hydrogen-bond donors (Lipinski definition) is 1. The first-order chi connectivity index (χ1) is 9.30. The highest BCUT2D eigenvalue weighted by molar-refractivity contribution is 9.10. The molecule has 112 valence electrons.